The molecule has 3 rings (SSSR count). The Hall–Kier alpha value is -2.12. The number of rotatable bonds is 4. The number of H-pyrrole nitrogens is 1. The van der Waals surface area contributed by atoms with Crippen LogP contribution in [0, 0.1) is 10.6 Å². The van der Waals surface area contributed by atoms with E-state index in [2.05, 4.69) is 15.3 Å². The summed E-state index contributed by atoms with van der Waals surface area (Å²) in [6, 6.07) is 10.4. The summed E-state index contributed by atoms with van der Waals surface area (Å²) in [4.78, 5) is 1.16. The van der Waals surface area contributed by atoms with Crippen molar-refractivity contribution in [1.29, 1.82) is 0 Å². The molecule has 0 saturated carbocycles. The molecule has 0 aliphatic carbocycles. The Bertz CT molecular complexity index is 818. The van der Waals surface area contributed by atoms with Gasteiger partial charge in [0.2, 0.25) is 4.77 Å². The maximum absolute atomic E-state index is 13.6. The first-order valence-electron chi connectivity index (χ1n) is 6.21. The molecule has 1 aromatic carbocycles. The van der Waals surface area contributed by atoms with Gasteiger partial charge in [0, 0.05) is 16.9 Å². The van der Waals surface area contributed by atoms with Crippen molar-refractivity contribution in [2.45, 2.75) is 6.42 Å². The molecule has 0 saturated heterocycles. The zero-order chi connectivity index (χ0) is 14.7. The van der Waals surface area contributed by atoms with Gasteiger partial charge >= 0.3 is 0 Å². The van der Waals surface area contributed by atoms with Crippen LogP contribution in [0.2, 0.25) is 0 Å². The molecule has 21 heavy (non-hydrogen) atoms. The predicted molar refractivity (Wildman–Crippen MR) is 83.9 cm³/mol. The van der Waals surface area contributed by atoms with Crippen LogP contribution in [0.5, 0.6) is 0 Å². The van der Waals surface area contributed by atoms with E-state index in [-0.39, 0.29) is 5.82 Å². The standard InChI is InChI=1S/C14H11FN4S2/c15-12-6-2-1-4-10(12)9-16-19-13(17-18-14(19)20)8-11-5-3-7-21-11/h1-7,9H,8H2,(H,18,20)/b16-9-. The van der Waals surface area contributed by atoms with Crippen molar-refractivity contribution in [3.8, 4) is 0 Å². The number of aromatic nitrogens is 3. The second-order valence-electron chi connectivity index (χ2n) is 4.28. The first-order chi connectivity index (χ1) is 10.2. The second-order valence-corrected chi connectivity index (χ2v) is 5.70. The quantitative estimate of drug-likeness (QED) is 0.590. The minimum Gasteiger partial charge on any atom is -0.250 e. The van der Waals surface area contributed by atoms with Crippen LogP contribution >= 0.6 is 23.6 Å². The van der Waals surface area contributed by atoms with E-state index in [1.165, 1.54) is 17.0 Å². The van der Waals surface area contributed by atoms with E-state index in [9.17, 15) is 4.39 Å². The first-order valence-corrected chi connectivity index (χ1v) is 7.50. The van der Waals surface area contributed by atoms with E-state index in [0.717, 1.165) is 4.88 Å². The van der Waals surface area contributed by atoms with Crippen molar-refractivity contribution in [3.63, 3.8) is 0 Å². The first kappa shape index (κ1) is 13.8. The molecular weight excluding hydrogens is 307 g/mol. The number of benzene rings is 1. The van der Waals surface area contributed by atoms with Crippen LogP contribution in [-0.2, 0) is 6.42 Å². The minimum absolute atomic E-state index is 0.323. The molecule has 4 nitrogen and oxygen atoms in total. The van der Waals surface area contributed by atoms with Gasteiger partial charge in [0.1, 0.15) is 5.82 Å². The van der Waals surface area contributed by atoms with Gasteiger partial charge in [-0.05, 0) is 29.7 Å². The van der Waals surface area contributed by atoms with Gasteiger partial charge in [-0.15, -0.1) is 11.3 Å². The van der Waals surface area contributed by atoms with Crippen molar-refractivity contribution in [2.75, 3.05) is 0 Å². The van der Waals surface area contributed by atoms with Gasteiger partial charge < -0.3 is 0 Å². The molecule has 0 unspecified atom stereocenters. The van der Waals surface area contributed by atoms with Crippen molar-refractivity contribution in [2.24, 2.45) is 5.10 Å². The average Bonchev–Trinajstić information content (AvgIpc) is 3.10. The molecular formula is C14H11FN4S2. The Morgan fingerprint density at radius 3 is 2.95 bits per heavy atom. The molecule has 0 fully saturated rings. The van der Waals surface area contributed by atoms with E-state index in [1.807, 2.05) is 17.5 Å². The Labute approximate surface area is 129 Å². The third-order valence-electron chi connectivity index (χ3n) is 2.85. The SMILES string of the molecule is Fc1ccccc1/C=N\n1c(Cc2cccs2)n[nH]c1=S. The zero-order valence-electron chi connectivity index (χ0n) is 10.9. The Balaban J connectivity index is 1.90. The third-order valence-corrected chi connectivity index (χ3v) is 3.99. The van der Waals surface area contributed by atoms with Crippen LogP contribution in [0.25, 0.3) is 0 Å². The fraction of sp³-hybridized carbons (Fsp3) is 0.0714. The summed E-state index contributed by atoms with van der Waals surface area (Å²) in [5, 5.41) is 13.1. The number of halogens is 1. The van der Waals surface area contributed by atoms with Gasteiger partial charge in [-0.3, -0.25) is 5.10 Å². The molecule has 106 valence electrons. The van der Waals surface area contributed by atoms with Crippen molar-refractivity contribution >= 4 is 29.8 Å². The highest BCUT2D eigenvalue weighted by Crippen LogP contribution is 2.13. The van der Waals surface area contributed by atoms with Crippen molar-refractivity contribution < 1.29 is 4.39 Å². The lowest BCUT2D eigenvalue weighted by molar-refractivity contribution is 0.625. The molecule has 0 spiro atoms. The lowest BCUT2D eigenvalue weighted by Crippen LogP contribution is -2.00. The smallest absolute Gasteiger partial charge is 0.216 e. The van der Waals surface area contributed by atoms with Crippen LogP contribution in [0.4, 0.5) is 4.39 Å². The molecule has 7 heteroatoms. The number of hydrogen-bond donors (Lipinski definition) is 1. The summed E-state index contributed by atoms with van der Waals surface area (Å²) in [5.41, 5.74) is 0.405. The summed E-state index contributed by atoms with van der Waals surface area (Å²) in [7, 11) is 0. The Morgan fingerprint density at radius 2 is 2.19 bits per heavy atom. The van der Waals surface area contributed by atoms with E-state index in [4.69, 9.17) is 12.2 Å². The lowest BCUT2D eigenvalue weighted by atomic mass is 10.2. The summed E-state index contributed by atoms with van der Waals surface area (Å²) < 4.78 is 15.5. The maximum Gasteiger partial charge on any atom is 0.216 e. The zero-order valence-corrected chi connectivity index (χ0v) is 12.5. The Kier molecular flexibility index (Phi) is 4.03. The van der Waals surface area contributed by atoms with E-state index in [1.54, 1.807) is 29.5 Å². The highest BCUT2D eigenvalue weighted by Gasteiger charge is 2.07. The van der Waals surface area contributed by atoms with Gasteiger partial charge in [-0.2, -0.15) is 14.9 Å². The van der Waals surface area contributed by atoms with Crippen molar-refractivity contribution in [3.05, 3.63) is 68.6 Å². The number of hydrogen-bond acceptors (Lipinski definition) is 4. The van der Waals surface area contributed by atoms with Gasteiger partial charge in [0.25, 0.3) is 0 Å². The summed E-state index contributed by atoms with van der Waals surface area (Å²) in [5.74, 6) is 0.367. The molecule has 0 aliphatic heterocycles. The van der Waals surface area contributed by atoms with Crippen LogP contribution < -0.4 is 0 Å². The van der Waals surface area contributed by atoms with Crippen LogP contribution in [0.3, 0.4) is 0 Å². The second kappa shape index (κ2) is 6.11. The molecule has 0 atom stereocenters. The van der Waals surface area contributed by atoms with Gasteiger partial charge in [0.15, 0.2) is 5.82 Å². The molecule has 0 radical (unpaired) electrons. The third kappa shape index (κ3) is 3.14. The monoisotopic (exact) mass is 318 g/mol. The largest absolute Gasteiger partial charge is 0.250 e. The molecule has 0 aliphatic rings. The number of nitrogens with zero attached hydrogens (tertiary/aromatic N) is 3. The Morgan fingerprint density at radius 1 is 1.33 bits per heavy atom. The number of nitrogens with one attached hydrogen (secondary N) is 1. The average molecular weight is 318 g/mol. The lowest BCUT2D eigenvalue weighted by Gasteiger charge is -1.99. The minimum atomic E-state index is -0.323. The molecule has 0 amide bonds. The number of thiophene rings is 1. The van der Waals surface area contributed by atoms with Gasteiger partial charge in [-0.1, -0.05) is 24.3 Å². The van der Waals surface area contributed by atoms with E-state index < -0.39 is 0 Å². The normalized spacial score (nSPS) is 11.3. The fourth-order valence-electron chi connectivity index (χ4n) is 1.83. The van der Waals surface area contributed by atoms with E-state index in [0.29, 0.717) is 22.6 Å². The molecule has 2 aromatic heterocycles. The van der Waals surface area contributed by atoms with Crippen LogP contribution in [0.15, 0.2) is 46.9 Å². The summed E-state index contributed by atoms with van der Waals surface area (Å²) >= 11 is 6.80. The van der Waals surface area contributed by atoms with Crippen molar-refractivity contribution in [1.82, 2.24) is 14.9 Å². The fourth-order valence-corrected chi connectivity index (χ4v) is 2.73. The topological polar surface area (TPSA) is 46.0 Å². The van der Waals surface area contributed by atoms with E-state index >= 15 is 0 Å². The molecule has 2 heterocycles. The highest BCUT2D eigenvalue weighted by molar-refractivity contribution is 7.71. The molecule has 0 bridgehead atoms. The maximum atomic E-state index is 13.6. The molecule has 3 aromatic rings. The molecule has 1 N–H and O–H groups in total. The van der Waals surface area contributed by atoms with Crippen LogP contribution in [-0.4, -0.2) is 21.1 Å². The summed E-state index contributed by atoms with van der Waals surface area (Å²) in [6.07, 6.45) is 2.07. The number of aromatic amines is 1. The summed E-state index contributed by atoms with van der Waals surface area (Å²) in [6.45, 7) is 0. The predicted octanol–water partition coefficient (Wildman–Crippen LogP) is 3.61. The highest BCUT2D eigenvalue weighted by atomic mass is 32.1. The van der Waals surface area contributed by atoms with Gasteiger partial charge in [-0.25, -0.2) is 4.39 Å². The van der Waals surface area contributed by atoms with Gasteiger partial charge in [0.05, 0.1) is 6.21 Å². The van der Waals surface area contributed by atoms with Crippen LogP contribution in [0.1, 0.15) is 16.3 Å².